The number of carbonyl (C=O) groups is 2. The third kappa shape index (κ3) is 4.94. The quantitative estimate of drug-likeness (QED) is 0.267. The molecule has 0 radical (unpaired) electrons. The van der Waals surface area contributed by atoms with Crippen LogP contribution in [0.25, 0.3) is 5.76 Å². The third-order valence-corrected chi connectivity index (χ3v) is 6.04. The predicted molar refractivity (Wildman–Crippen MR) is 130 cm³/mol. The van der Waals surface area contributed by atoms with Crippen molar-refractivity contribution in [3.05, 3.63) is 64.7 Å². The van der Waals surface area contributed by atoms with Crippen molar-refractivity contribution in [3.8, 4) is 11.5 Å². The van der Waals surface area contributed by atoms with Crippen molar-refractivity contribution in [1.29, 1.82) is 0 Å². The normalized spacial score (nSPS) is 17.8. The lowest BCUT2D eigenvalue weighted by Crippen LogP contribution is -2.31. The lowest BCUT2D eigenvalue weighted by Gasteiger charge is -2.26. The van der Waals surface area contributed by atoms with E-state index in [0.29, 0.717) is 31.1 Å². The minimum absolute atomic E-state index is 0.0254. The van der Waals surface area contributed by atoms with Gasteiger partial charge in [0.15, 0.2) is 0 Å². The summed E-state index contributed by atoms with van der Waals surface area (Å²) < 4.78 is 15.8. The van der Waals surface area contributed by atoms with Crippen LogP contribution in [0.5, 0.6) is 11.5 Å². The average Bonchev–Trinajstić information content (AvgIpc) is 3.07. The van der Waals surface area contributed by atoms with Crippen molar-refractivity contribution in [2.45, 2.75) is 38.6 Å². The van der Waals surface area contributed by atoms with Crippen LogP contribution in [0.2, 0.25) is 0 Å². The topological polar surface area (TPSA) is 85.3 Å². The third-order valence-electron chi connectivity index (χ3n) is 6.04. The molecule has 3 rings (SSSR count). The number of nitrogens with zero attached hydrogens (tertiary/aromatic N) is 1. The molecule has 1 saturated heterocycles. The van der Waals surface area contributed by atoms with Gasteiger partial charge in [-0.05, 0) is 41.2 Å². The highest BCUT2D eigenvalue weighted by atomic mass is 16.5. The summed E-state index contributed by atoms with van der Waals surface area (Å²) in [4.78, 5) is 27.8. The second-order valence-corrected chi connectivity index (χ2v) is 9.28. The first kappa shape index (κ1) is 25.3. The number of aliphatic hydroxyl groups excluding tert-OH is 1. The van der Waals surface area contributed by atoms with Crippen molar-refractivity contribution in [3.63, 3.8) is 0 Å². The maximum Gasteiger partial charge on any atom is 0.295 e. The molecule has 1 heterocycles. The Labute approximate surface area is 200 Å². The smallest absolute Gasteiger partial charge is 0.295 e. The van der Waals surface area contributed by atoms with Crippen LogP contribution >= 0.6 is 0 Å². The van der Waals surface area contributed by atoms with E-state index in [1.165, 1.54) is 19.1 Å². The summed E-state index contributed by atoms with van der Waals surface area (Å²) in [6.45, 7) is 7.12. The zero-order valence-corrected chi connectivity index (χ0v) is 20.7. The largest absolute Gasteiger partial charge is 0.507 e. The van der Waals surface area contributed by atoms with Gasteiger partial charge in [-0.25, -0.2) is 0 Å². The number of hydrogen-bond acceptors (Lipinski definition) is 6. The Morgan fingerprint density at radius 2 is 1.68 bits per heavy atom. The number of ketones is 1. The summed E-state index contributed by atoms with van der Waals surface area (Å²) in [5, 5.41) is 11.4. The van der Waals surface area contributed by atoms with Crippen molar-refractivity contribution in [2.75, 3.05) is 34.5 Å². The van der Waals surface area contributed by atoms with Crippen LogP contribution in [0.3, 0.4) is 0 Å². The van der Waals surface area contributed by atoms with E-state index in [1.54, 1.807) is 25.3 Å². The van der Waals surface area contributed by atoms with Crippen molar-refractivity contribution < 1.29 is 28.9 Å². The standard InChI is InChI=1S/C27H33NO6/c1-27(2,3)18-10-8-17(9-11-18)23-22(25(30)26(31)28(23)14-7-15-32-4)24(29)20-16-19(33-5)12-13-21(20)34-6/h8-13,16,23,29H,7,14-15H2,1-6H3/b24-22+. The lowest BCUT2D eigenvalue weighted by atomic mass is 9.85. The van der Waals surface area contributed by atoms with E-state index >= 15 is 0 Å². The zero-order chi connectivity index (χ0) is 25.0. The molecular formula is C27H33NO6. The fourth-order valence-electron chi connectivity index (χ4n) is 4.15. The molecule has 34 heavy (non-hydrogen) atoms. The molecule has 1 amide bonds. The SMILES string of the molecule is COCCCN1C(=O)C(=O)/C(=C(/O)c2cc(OC)ccc2OC)C1c1ccc(C(C)(C)C)cc1. The molecule has 1 atom stereocenters. The first-order chi connectivity index (χ1) is 16.1. The van der Waals surface area contributed by atoms with E-state index in [-0.39, 0.29) is 22.3 Å². The second kappa shape index (κ2) is 10.3. The number of carbonyl (C=O) groups excluding carboxylic acids is 2. The highest BCUT2D eigenvalue weighted by Gasteiger charge is 2.46. The van der Waals surface area contributed by atoms with Crippen LogP contribution in [0.15, 0.2) is 48.0 Å². The minimum Gasteiger partial charge on any atom is -0.507 e. The highest BCUT2D eigenvalue weighted by Crippen LogP contribution is 2.42. The number of hydrogen-bond donors (Lipinski definition) is 1. The number of ether oxygens (including phenoxy) is 3. The van der Waals surface area contributed by atoms with Crippen LogP contribution in [0, 0.1) is 0 Å². The summed E-state index contributed by atoms with van der Waals surface area (Å²) in [5.41, 5.74) is 2.13. The fourth-order valence-corrected chi connectivity index (χ4v) is 4.15. The molecule has 0 saturated carbocycles. The van der Waals surface area contributed by atoms with Gasteiger partial charge in [0.25, 0.3) is 11.7 Å². The number of benzene rings is 2. The molecule has 1 aliphatic heterocycles. The number of Topliss-reactive ketones (excluding diaryl/α,β-unsaturated/α-hetero) is 1. The monoisotopic (exact) mass is 467 g/mol. The van der Waals surface area contributed by atoms with E-state index in [0.717, 1.165) is 11.1 Å². The summed E-state index contributed by atoms with van der Waals surface area (Å²) in [6.07, 6.45) is 0.558. The average molecular weight is 468 g/mol. The van der Waals surface area contributed by atoms with Gasteiger partial charge < -0.3 is 24.2 Å². The van der Waals surface area contributed by atoms with Gasteiger partial charge in [-0.15, -0.1) is 0 Å². The molecule has 0 aliphatic carbocycles. The van der Waals surface area contributed by atoms with E-state index < -0.39 is 17.7 Å². The van der Waals surface area contributed by atoms with Crippen molar-refractivity contribution >= 4 is 17.4 Å². The first-order valence-corrected chi connectivity index (χ1v) is 11.2. The molecule has 1 unspecified atom stereocenters. The summed E-state index contributed by atoms with van der Waals surface area (Å²) >= 11 is 0. The van der Waals surface area contributed by atoms with Gasteiger partial charge in [0.05, 0.1) is 31.4 Å². The fraction of sp³-hybridized carbons (Fsp3) is 0.407. The molecule has 7 heteroatoms. The van der Waals surface area contributed by atoms with Crippen LogP contribution in [0.1, 0.15) is 49.9 Å². The van der Waals surface area contributed by atoms with Gasteiger partial charge >= 0.3 is 0 Å². The van der Waals surface area contributed by atoms with Crippen LogP contribution in [0.4, 0.5) is 0 Å². The van der Waals surface area contributed by atoms with Gasteiger partial charge in [-0.2, -0.15) is 0 Å². The van der Waals surface area contributed by atoms with Gasteiger partial charge in [0.2, 0.25) is 0 Å². The van der Waals surface area contributed by atoms with E-state index in [2.05, 4.69) is 20.8 Å². The second-order valence-electron chi connectivity index (χ2n) is 9.28. The predicted octanol–water partition coefficient (Wildman–Crippen LogP) is 4.46. The first-order valence-electron chi connectivity index (χ1n) is 11.2. The minimum atomic E-state index is -0.734. The Morgan fingerprint density at radius 3 is 2.24 bits per heavy atom. The Hall–Kier alpha value is -3.32. The summed E-state index contributed by atoms with van der Waals surface area (Å²) in [7, 11) is 4.58. The van der Waals surface area contributed by atoms with Crippen LogP contribution in [-0.4, -0.2) is 56.2 Å². The molecule has 7 nitrogen and oxygen atoms in total. The summed E-state index contributed by atoms with van der Waals surface area (Å²) in [6, 6.07) is 12.0. The molecular weight excluding hydrogens is 434 g/mol. The molecule has 2 aromatic rings. The number of amides is 1. The number of rotatable bonds is 8. The Bertz CT molecular complexity index is 1080. The van der Waals surface area contributed by atoms with Gasteiger partial charge in [0, 0.05) is 20.3 Å². The number of methoxy groups -OCH3 is 3. The van der Waals surface area contributed by atoms with E-state index in [4.69, 9.17) is 14.2 Å². The lowest BCUT2D eigenvalue weighted by molar-refractivity contribution is -0.140. The number of aliphatic hydroxyl groups is 1. The van der Waals surface area contributed by atoms with Crippen molar-refractivity contribution in [1.82, 2.24) is 4.90 Å². The van der Waals surface area contributed by atoms with Gasteiger partial charge in [0.1, 0.15) is 17.3 Å². The van der Waals surface area contributed by atoms with Crippen LogP contribution in [-0.2, 0) is 19.7 Å². The Morgan fingerprint density at radius 1 is 1.00 bits per heavy atom. The maximum atomic E-state index is 13.2. The van der Waals surface area contributed by atoms with E-state index in [1.807, 2.05) is 24.3 Å². The molecule has 0 bridgehead atoms. The molecule has 1 N–H and O–H groups in total. The van der Waals surface area contributed by atoms with Crippen LogP contribution < -0.4 is 9.47 Å². The molecule has 0 spiro atoms. The number of likely N-dealkylation sites (tertiary alicyclic amines) is 1. The molecule has 1 fully saturated rings. The Kier molecular flexibility index (Phi) is 7.67. The molecule has 1 aliphatic rings. The Balaban J connectivity index is 2.19. The highest BCUT2D eigenvalue weighted by molar-refractivity contribution is 6.46. The summed E-state index contributed by atoms with van der Waals surface area (Å²) in [5.74, 6) is -0.823. The van der Waals surface area contributed by atoms with Gasteiger partial charge in [-0.3, -0.25) is 9.59 Å². The molecule has 2 aromatic carbocycles. The van der Waals surface area contributed by atoms with Gasteiger partial charge in [-0.1, -0.05) is 45.0 Å². The molecule has 182 valence electrons. The maximum absolute atomic E-state index is 13.2. The van der Waals surface area contributed by atoms with Crippen molar-refractivity contribution in [2.24, 2.45) is 0 Å². The zero-order valence-electron chi connectivity index (χ0n) is 20.7. The molecule has 0 aromatic heterocycles. The van der Waals surface area contributed by atoms with E-state index in [9.17, 15) is 14.7 Å².